The Morgan fingerprint density at radius 2 is 2.10 bits per heavy atom. The first kappa shape index (κ1) is 16.1. The van der Waals surface area contributed by atoms with Crippen LogP contribution in [0.3, 0.4) is 0 Å². The number of carbonyl (C=O) groups is 3. The maximum atomic E-state index is 11.7. The number of nitrogens with one attached hydrogen (secondary N) is 2. The molecule has 0 saturated carbocycles. The number of amides is 2. The van der Waals surface area contributed by atoms with Crippen LogP contribution in [0.15, 0.2) is 11.4 Å². The normalized spacial score (nSPS) is 11.6. The highest BCUT2D eigenvalue weighted by Gasteiger charge is 2.21. The maximum Gasteiger partial charge on any atom is 0.340 e. The quantitative estimate of drug-likeness (QED) is 0.538. The van der Waals surface area contributed by atoms with Gasteiger partial charge in [-0.05, 0) is 17.9 Å². The molecule has 1 atom stereocenters. The third kappa shape index (κ3) is 4.04. The lowest BCUT2D eigenvalue weighted by Crippen LogP contribution is -2.43. The van der Waals surface area contributed by atoms with Crippen molar-refractivity contribution in [1.29, 1.82) is 0 Å². The molecule has 0 radical (unpaired) electrons. The van der Waals surface area contributed by atoms with Gasteiger partial charge >= 0.3 is 17.8 Å². The molecule has 1 aromatic heterocycles. The van der Waals surface area contributed by atoms with E-state index in [0.717, 1.165) is 11.3 Å². The number of hydrogen-bond donors (Lipinski definition) is 3. The lowest BCUT2D eigenvalue weighted by molar-refractivity contribution is -0.136. The van der Waals surface area contributed by atoms with E-state index in [1.54, 1.807) is 12.3 Å². The summed E-state index contributed by atoms with van der Waals surface area (Å²) >= 11 is 1.11. The maximum absolute atomic E-state index is 11.7. The van der Waals surface area contributed by atoms with Crippen molar-refractivity contribution < 1.29 is 24.2 Å². The summed E-state index contributed by atoms with van der Waals surface area (Å²) in [6.45, 7) is 1.52. The van der Waals surface area contributed by atoms with E-state index in [-0.39, 0.29) is 17.2 Å². The molecule has 7 nitrogen and oxygen atoms in total. The molecule has 2 amide bonds. The van der Waals surface area contributed by atoms with Crippen molar-refractivity contribution in [2.45, 2.75) is 19.4 Å². The average molecular weight is 300 g/mol. The molecule has 110 valence electrons. The first-order valence-electron chi connectivity index (χ1n) is 5.92. The van der Waals surface area contributed by atoms with E-state index in [1.165, 1.54) is 13.2 Å². The second-order valence-corrected chi connectivity index (χ2v) is 4.79. The van der Waals surface area contributed by atoms with Crippen molar-refractivity contribution in [2.24, 2.45) is 0 Å². The largest absolute Gasteiger partial charge is 0.465 e. The van der Waals surface area contributed by atoms with E-state index >= 15 is 0 Å². The van der Waals surface area contributed by atoms with Crippen molar-refractivity contribution in [2.75, 3.05) is 19.0 Å². The fraction of sp³-hybridized carbons (Fsp3) is 0.417. The number of aliphatic hydroxyl groups is 1. The van der Waals surface area contributed by atoms with Crippen LogP contribution in [-0.2, 0) is 14.3 Å². The Balaban J connectivity index is 2.69. The summed E-state index contributed by atoms with van der Waals surface area (Å²) in [5.41, 5.74) is 0.188. The molecule has 0 saturated heterocycles. The van der Waals surface area contributed by atoms with Crippen LogP contribution in [0.5, 0.6) is 0 Å². The van der Waals surface area contributed by atoms with Crippen molar-refractivity contribution in [1.82, 2.24) is 5.32 Å². The molecule has 1 aromatic rings. The van der Waals surface area contributed by atoms with Gasteiger partial charge in [-0.3, -0.25) is 9.59 Å². The Bertz CT molecular complexity index is 496. The van der Waals surface area contributed by atoms with Gasteiger partial charge in [-0.1, -0.05) is 6.92 Å². The van der Waals surface area contributed by atoms with E-state index in [2.05, 4.69) is 15.4 Å². The van der Waals surface area contributed by atoms with Crippen molar-refractivity contribution in [3.05, 3.63) is 17.0 Å². The lowest BCUT2D eigenvalue weighted by Gasteiger charge is -2.13. The Hall–Kier alpha value is -1.93. The van der Waals surface area contributed by atoms with E-state index in [4.69, 9.17) is 5.11 Å². The molecule has 0 unspecified atom stereocenters. The third-order valence-corrected chi connectivity index (χ3v) is 3.38. The highest BCUT2D eigenvalue weighted by molar-refractivity contribution is 7.14. The van der Waals surface area contributed by atoms with E-state index in [9.17, 15) is 14.4 Å². The number of esters is 1. The summed E-state index contributed by atoms with van der Waals surface area (Å²) in [6.07, 6.45) is 0.502. The van der Waals surface area contributed by atoms with E-state index < -0.39 is 23.8 Å². The van der Waals surface area contributed by atoms with Gasteiger partial charge in [0.05, 0.1) is 25.3 Å². The molecule has 8 heteroatoms. The molecule has 0 aromatic carbocycles. The third-order valence-electron chi connectivity index (χ3n) is 2.55. The highest BCUT2D eigenvalue weighted by Crippen LogP contribution is 2.23. The Morgan fingerprint density at radius 3 is 2.65 bits per heavy atom. The van der Waals surface area contributed by atoms with Gasteiger partial charge in [0.25, 0.3) is 0 Å². The number of aliphatic hydroxyl groups excluding tert-OH is 1. The number of hydrogen-bond acceptors (Lipinski definition) is 6. The number of rotatable bonds is 5. The van der Waals surface area contributed by atoms with Crippen LogP contribution in [0.25, 0.3) is 0 Å². The molecular weight excluding hydrogens is 284 g/mol. The minimum absolute atomic E-state index is 0.188. The first-order valence-corrected chi connectivity index (χ1v) is 6.79. The van der Waals surface area contributed by atoms with Gasteiger partial charge in [0.1, 0.15) is 5.00 Å². The first-order chi connectivity index (χ1) is 9.53. The van der Waals surface area contributed by atoms with Gasteiger partial charge in [-0.2, -0.15) is 0 Å². The van der Waals surface area contributed by atoms with Gasteiger partial charge in [0.15, 0.2) is 0 Å². The molecule has 3 N–H and O–H groups in total. The van der Waals surface area contributed by atoms with Crippen molar-refractivity contribution in [3.63, 3.8) is 0 Å². The average Bonchev–Trinajstić information content (AvgIpc) is 2.91. The van der Waals surface area contributed by atoms with Gasteiger partial charge in [0, 0.05) is 0 Å². The molecule has 1 heterocycles. The molecule has 0 bridgehead atoms. The van der Waals surface area contributed by atoms with Gasteiger partial charge < -0.3 is 20.5 Å². The molecule has 0 fully saturated rings. The second kappa shape index (κ2) is 7.61. The second-order valence-electron chi connectivity index (χ2n) is 3.87. The summed E-state index contributed by atoms with van der Waals surface area (Å²) in [5, 5.41) is 15.5. The fourth-order valence-corrected chi connectivity index (χ4v) is 2.13. The summed E-state index contributed by atoms with van der Waals surface area (Å²) < 4.78 is 4.56. The summed E-state index contributed by atoms with van der Waals surface area (Å²) in [5.74, 6) is -2.36. The molecule has 20 heavy (non-hydrogen) atoms. The number of carbonyl (C=O) groups excluding carboxylic acids is 3. The molecule has 0 aliphatic heterocycles. The SMILES string of the molecule is CC[C@@H](CO)NC(=O)C(=O)Nc1sccc1C(=O)OC. The van der Waals surface area contributed by atoms with Crippen LogP contribution in [0.4, 0.5) is 5.00 Å². The minimum atomic E-state index is -0.899. The number of anilines is 1. The molecule has 0 spiro atoms. The molecule has 0 aliphatic rings. The van der Waals surface area contributed by atoms with E-state index in [1.807, 2.05) is 0 Å². The number of ether oxygens (including phenoxy) is 1. The van der Waals surface area contributed by atoms with Crippen LogP contribution in [-0.4, -0.2) is 42.6 Å². The molecule has 0 aliphatic carbocycles. The summed E-state index contributed by atoms with van der Waals surface area (Å²) in [7, 11) is 1.23. The van der Waals surface area contributed by atoms with E-state index in [0.29, 0.717) is 6.42 Å². The number of methoxy groups -OCH3 is 1. The Morgan fingerprint density at radius 1 is 1.40 bits per heavy atom. The monoisotopic (exact) mass is 300 g/mol. The zero-order valence-electron chi connectivity index (χ0n) is 11.1. The molecule has 1 rings (SSSR count). The van der Waals surface area contributed by atoms with Gasteiger partial charge in [-0.15, -0.1) is 11.3 Å². The minimum Gasteiger partial charge on any atom is -0.465 e. The van der Waals surface area contributed by atoms with Crippen molar-refractivity contribution >= 4 is 34.1 Å². The number of thiophene rings is 1. The summed E-state index contributed by atoms with van der Waals surface area (Å²) in [4.78, 5) is 34.7. The van der Waals surface area contributed by atoms with Crippen LogP contribution in [0.2, 0.25) is 0 Å². The van der Waals surface area contributed by atoms with Crippen LogP contribution in [0, 0.1) is 0 Å². The van der Waals surface area contributed by atoms with Crippen LogP contribution in [0.1, 0.15) is 23.7 Å². The van der Waals surface area contributed by atoms with Crippen LogP contribution < -0.4 is 10.6 Å². The zero-order valence-corrected chi connectivity index (χ0v) is 12.0. The smallest absolute Gasteiger partial charge is 0.340 e. The predicted octanol–water partition coefficient (Wildman–Crippen LogP) is 0.360. The predicted molar refractivity (Wildman–Crippen MR) is 73.6 cm³/mol. The standard InChI is InChI=1S/C12H16N2O5S/c1-3-7(6-15)13-9(16)10(17)14-11-8(4-5-20-11)12(18)19-2/h4-5,7,15H,3,6H2,1-2H3,(H,13,16)(H,14,17)/t7-/m0/s1. The fourth-order valence-electron chi connectivity index (χ4n) is 1.36. The van der Waals surface area contributed by atoms with Gasteiger partial charge in [-0.25, -0.2) is 4.79 Å². The summed E-state index contributed by atoms with van der Waals surface area (Å²) in [6, 6.07) is 1.02. The lowest BCUT2D eigenvalue weighted by atomic mass is 10.2. The van der Waals surface area contributed by atoms with Crippen LogP contribution >= 0.6 is 11.3 Å². The Kier molecular flexibility index (Phi) is 6.13. The topological polar surface area (TPSA) is 105 Å². The molecular formula is C12H16N2O5S. The highest BCUT2D eigenvalue weighted by atomic mass is 32.1. The van der Waals surface area contributed by atoms with Crippen molar-refractivity contribution in [3.8, 4) is 0 Å². The Labute approximate surface area is 119 Å². The van der Waals surface area contributed by atoms with Gasteiger partial charge in [0.2, 0.25) is 0 Å². The zero-order chi connectivity index (χ0) is 15.1.